The Kier molecular flexibility index (Phi) is 12.3. The van der Waals surface area contributed by atoms with E-state index in [0.717, 1.165) is 16.9 Å². The lowest BCUT2D eigenvalue weighted by Gasteiger charge is -2.26. The first-order chi connectivity index (χ1) is 20.2. The van der Waals surface area contributed by atoms with E-state index in [2.05, 4.69) is 38.1 Å². The van der Waals surface area contributed by atoms with Gasteiger partial charge in [0.05, 0.1) is 29.4 Å². The predicted molar refractivity (Wildman–Crippen MR) is 170 cm³/mol. The van der Waals surface area contributed by atoms with Crippen LogP contribution in [0.25, 0.3) is 0 Å². The molecule has 0 unspecified atom stereocenters. The van der Waals surface area contributed by atoms with Gasteiger partial charge >= 0.3 is 0 Å². The van der Waals surface area contributed by atoms with Crippen molar-refractivity contribution >= 4 is 30.1 Å². The average Bonchev–Trinajstić information content (AvgIpc) is 2.92. The van der Waals surface area contributed by atoms with Crippen LogP contribution >= 0.6 is 0 Å². The zero-order chi connectivity index (χ0) is 33.3. The molecular weight excluding hydrogens is 629 g/mol. The predicted octanol–water partition coefficient (Wildman–Crippen LogP) is 5.96. The molecule has 0 aliphatic heterocycles. The number of ether oxygens (including phenoxy) is 2. The largest absolute Gasteiger partial charge is 0.497 e. The summed E-state index contributed by atoms with van der Waals surface area (Å²) in [6.07, 6.45) is 1.43. The van der Waals surface area contributed by atoms with Crippen molar-refractivity contribution in [1.29, 1.82) is 0 Å². The average molecular weight is 665 g/mol. The highest BCUT2D eigenvalue weighted by atomic mass is 32.2. The second-order valence-corrected chi connectivity index (χ2v) is 15.1. The lowest BCUT2D eigenvalue weighted by molar-refractivity contribution is 0.414. The third-order valence-electron chi connectivity index (χ3n) is 6.09. The van der Waals surface area contributed by atoms with Gasteiger partial charge < -0.3 is 9.47 Å². The summed E-state index contributed by atoms with van der Waals surface area (Å²) in [7, 11) is -9.23. The van der Waals surface area contributed by atoms with Crippen LogP contribution in [0.5, 0.6) is 17.2 Å². The van der Waals surface area contributed by atoms with E-state index >= 15 is 0 Å². The number of aryl methyl sites for hydroxylation is 1. The molecule has 238 valence electrons. The molecule has 4 rings (SSSR count). The van der Waals surface area contributed by atoms with E-state index in [1.54, 1.807) is 55.6 Å². The fourth-order valence-electron chi connectivity index (χ4n) is 3.79. The molecule has 0 aliphatic carbocycles. The molecule has 10 nitrogen and oxygen atoms in total. The Morgan fingerprint density at radius 3 is 1.18 bits per heavy atom. The molecule has 4 aromatic rings. The normalized spacial score (nSPS) is 11.7. The minimum Gasteiger partial charge on any atom is -0.497 e. The van der Waals surface area contributed by atoms with Gasteiger partial charge in [-0.15, -0.1) is 0 Å². The Morgan fingerprint density at radius 1 is 0.545 bits per heavy atom. The van der Waals surface area contributed by atoms with Crippen molar-refractivity contribution in [3.8, 4) is 17.2 Å². The molecule has 0 saturated heterocycles. The third kappa shape index (κ3) is 12.1. The van der Waals surface area contributed by atoms with Gasteiger partial charge in [0, 0.05) is 5.41 Å². The molecule has 0 saturated carbocycles. The molecular formula is C31H36O10S3. The van der Waals surface area contributed by atoms with Crippen LogP contribution in [0.2, 0.25) is 0 Å². The Labute approximate surface area is 259 Å². The summed E-state index contributed by atoms with van der Waals surface area (Å²) in [5.41, 5.74) is 3.18. The molecule has 0 aromatic heterocycles. The van der Waals surface area contributed by atoms with Gasteiger partial charge in [-0.25, -0.2) is 8.42 Å². The third-order valence-corrected chi connectivity index (χ3v) is 7.87. The highest BCUT2D eigenvalue weighted by Crippen LogP contribution is 2.34. The molecule has 0 bridgehead atoms. The number of methoxy groups -OCH3 is 1. The molecule has 0 heterocycles. The summed E-state index contributed by atoms with van der Waals surface area (Å²) < 4.78 is 88.7. The molecule has 0 spiro atoms. The van der Waals surface area contributed by atoms with Crippen LogP contribution in [0.3, 0.4) is 0 Å². The van der Waals surface area contributed by atoms with E-state index in [9.17, 15) is 25.3 Å². The Balaban J connectivity index is 0.000000586. The van der Waals surface area contributed by atoms with Gasteiger partial charge in [-0.3, -0.25) is 9.11 Å². The summed E-state index contributed by atoms with van der Waals surface area (Å²) in [6.45, 7) is 6.28. The van der Waals surface area contributed by atoms with Crippen LogP contribution in [0.1, 0.15) is 30.5 Å². The first-order valence-corrected chi connectivity index (χ1v) is 18.1. The maximum Gasteiger partial charge on any atom is 0.261 e. The fourth-order valence-corrected chi connectivity index (χ4v) is 5.05. The van der Waals surface area contributed by atoms with Crippen LogP contribution in [0.15, 0.2) is 107 Å². The lowest BCUT2D eigenvalue weighted by atomic mass is 9.78. The maximum absolute atomic E-state index is 12.9. The molecule has 2 N–H and O–H groups in total. The van der Waals surface area contributed by atoms with Gasteiger partial charge in [0.2, 0.25) is 9.84 Å². The minimum absolute atomic E-state index is 0.184. The molecule has 44 heavy (non-hydrogen) atoms. The lowest BCUT2D eigenvalue weighted by Crippen LogP contribution is -2.18. The summed E-state index contributed by atoms with van der Waals surface area (Å²) >= 11 is 0. The van der Waals surface area contributed by atoms with Crippen molar-refractivity contribution in [2.75, 3.05) is 19.6 Å². The molecule has 4 aromatic carbocycles. The number of sulfone groups is 1. The van der Waals surface area contributed by atoms with Crippen LogP contribution in [-0.4, -0.2) is 54.0 Å². The van der Waals surface area contributed by atoms with E-state index in [0.29, 0.717) is 24.0 Å². The smallest absolute Gasteiger partial charge is 0.261 e. The minimum atomic E-state index is -3.67. The Morgan fingerprint density at radius 2 is 0.841 bits per heavy atom. The maximum atomic E-state index is 12.9. The summed E-state index contributed by atoms with van der Waals surface area (Å²) in [6, 6.07) is 29.4. The summed E-state index contributed by atoms with van der Waals surface area (Å²) in [4.78, 5) is 0.516. The highest BCUT2D eigenvalue weighted by Gasteiger charge is 2.23. The van der Waals surface area contributed by atoms with Crippen molar-refractivity contribution in [2.45, 2.75) is 36.0 Å². The van der Waals surface area contributed by atoms with Gasteiger partial charge in [0.1, 0.15) is 17.2 Å². The van der Waals surface area contributed by atoms with E-state index in [1.165, 1.54) is 5.56 Å². The van der Waals surface area contributed by atoms with E-state index < -0.39 is 30.1 Å². The first kappa shape index (κ1) is 36.4. The van der Waals surface area contributed by atoms with Crippen molar-refractivity contribution in [3.05, 3.63) is 114 Å². The monoisotopic (exact) mass is 664 g/mol. The summed E-state index contributed by atoms with van der Waals surface area (Å²) in [5, 5.41) is 0. The molecule has 13 heteroatoms. The van der Waals surface area contributed by atoms with Crippen LogP contribution in [0.4, 0.5) is 0 Å². The molecule has 0 aliphatic rings. The zero-order valence-corrected chi connectivity index (χ0v) is 27.6. The number of rotatable bonds is 7. The topological polar surface area (TPSA) is 161 Å². The van der Waals surface area contributed by atoms with Crippen molar-refractivity contribution in [2.24, 2.45) is 0 Å². The van der Waals surface area contributed by atoms with Gasteiger partial charge in [-0.1, -0.05) is 55.8 Å². The first-order valence-electron chi connectivity index (χ1n) is 12.9. The zero-order valence-electron chi connectivity index (χ0n) is 25.1. The Hall–Kier alpha value is -3.75. The SMILES string of the molecule is COc1ccc(C(C)(C)c2ccc(Oc3ccc(S(=O)(=O)c4ccc(C)cc4)cc3)cc2)cc1.CS(=O)(=O)O.CS(=O)(=O)O. The Bertz CT molecular complexity index is 1780. The highest BCUT2D eigenvalue weighted by molar-refractivity contribution is 7.91. The van der Waals surface area contributed by atoms with E-state index in [4.69, 9.17) is 18.6 Å². The molecule has 0 atom stereocenters. The quantitative estimate of drug-likeness (QED) is 0.226. The second-order valence-electron chi connectivity index (χ2n) is 10.2. The van der Waals surface area contributed by atoms with Gasteiger partial charge in [-0.05, 0) is 78.7 Å². The van der Waals surface area contributed by atoms with E-state index in [1.807, 2.05) is 31.2 Å². The van der Waals surface area contributed by atoms with Gasteiger partial charge in [0.15, 0.2) is 0 Å². The fraction of sp³-hybridized carbons (Fsp3) is 0.226. The van der Waals surface area contributed by atoms with Gasteiger partial charge in [0.25, 0.3) is 20.2 Å². The molecule has 0 radical (unpaired) electrons. The standard InChI is InChI=1S/C29H28O4S.2CH4O3S/c1-21-5-17-27(18-6-21)34(30,31)28-19-15-26(16-20-28)33-25-13-9-23(10-14-25)29(2,3)22-7-11-24(32-4)12-8-22;2*1-5(2,3)4/h5-20H,1-4H3;2*1H3,(H,2,3,4). The number of hydrogen-bond donors (Lipinski definition) is 2. The van der Waals surface area contributed by atoms with E-state index in [-0.39, 0.29) is 15.2 Å². The number of hydrogen-bond acceptors (Lipinski definition) is 8. The van der Waals surface area contributed by atoms with Crippen LogP contribution < -0.4 is 9.47 Å². The number of benzene rings is 4. The molecule has 0 fully saturated rings. The summed E-state index contributed by atoms with van der Waals surface area (Å²) in [5.74, 6) is 2.09. The van der Waals surface area contributed by atoms with Crippen molar-refractivity contribution in [3.63, 3.8) is 0 Å². The second kappa shape index (κ2) is 14.8. The van der Waals surface area contributed by atoms with Crippen LogP contribution in [0, 0.1) is 6.92 Å². The van der Waals surface area contributed by atoms with Crippen LogP contribution in [-0.2, 0) is 35.5 Å². The molecule has 0 amide bonds. The van der Waals surface area contributed by atoms with Gasteiger partial charge in [-0.2, -0.15) is 16.8 Å². The van der Waals surface area contributed by atoms with Crippen molar-refractivity contribution in [1.82, 2.24) is 0 Å². The van der Waals surface area contributed by atoms with Crippen molar-refractivity contribution < 1.29 is 43.8 Å².